The number of halogens is 2. The fourth-order valence-corrected chi connectivity index (χ4v) is 6.84. The molecule has 1 unspecified atom stereocenters. The molecular formula is C33H39Cl2N3O4S. The van der Waals surface area contributed by atoms with Crippen molar-refractivity contribution >= 4 is 50.7 Å². The quantitative estimate of drug-likeness (QED) is 0.260. The number of hydrogen-bond acceptors (Lipinski definition) is 4. The minimum atomic E-state index is -3.85. The molecular weight excluding hydrogens is 605 g/mol. The number of carbonyl (C=O) groups is 2. The van der Waals surface area contributed by atoms with E-state index in [1.165, 1.54) is 4.90 Å². The Labute approximate surface area is 265 Å². The standard InChI is InChI=1S/C33H39Cl2N3O4S/c1-23-14-17-30(24(2)18-23)38(43(3,41)42)22-32(39)37(21-26-15-16-28(34)29(35)19-26)31(20-25-10-6-4-7-11-25)33(40)36-27-12-8-5-9-13-27/h4,6-7,10-11,14-19,27,31H,5,8-9,12-13,20-22H2,1-3H3,(H,36,40). The highest BCUT2D eigenvalue weighted by molar-refractivity contribution is 7.92. The molecule has 4 rings (SSSR count). The second kappa shape index (κ2) is 14.6. The Morgan fingerprint density at radius 1 is 0.907 bits per heavy atom. The predicted molar refractivity (Wildman–Crippen MR) is 174 cm³/mol. The van der Waals surface area contributed by atoms with Crippen molar-refractivity contribution in [1.82, 2.24) is 10.2 Å². The van der Waals surface area contributed by atoms with Gasteiger partial charge in [-0.2, -0.15) is 0 Å². The number of anilines is 1. The predicted octanol–water partition coefficient (Wildman–Crippen LogP) is 6.47. The molecule has 1 fully saturated rings. The Hall–Kier alpha value is -3.07. The molecule has 10 heteroatoms. The molecule has 0 heterocycles. The lowest BCUT2D eigenvalue weighted by Gasteiger charge is -2.35. The minimum Gasteiger partial charge on any atom is -0.352 e. The average molecular weight is 645 g/mol. The number of benzene rings is 3. The highest BCUT2D eigenvalue weighted by Crippen LogP contribution is 2.27. The molecule has 0 aromatic heterocycles. The maximum Gasteiger partial charge on any atom is 0.244 e. The van der Waals surface area contributed by atoms with E-state index in [1.54, 1.807) is 24.3 Å². The largest absolute Gasteiger partial charge is 0.352 e. The summed E-state index contributed by atoms with van der Waals surface area (Å²) < 4.78 is 27.3. The van der Waals surface area contributed by atoms with E-state index in [0.29, 0.717) is 21.3 Å². The second-order valence-electron chi connectivity index (χ2n) is 11.4. The summed E-state index contributed by atoms with van der Waals surface area (Å²) in [5, 5.41) is 3.90. The molecule has 0 saturated heterocycles. The van der Waals surface area contributed by atoms with Crippen molar-refractivity contribution in [1.29, 1.82) is 0 Å². The summed E-state index contributed by atoms with van der Waals surface area (Å²) in [6.45, 7) is 3.31. The maximum absolute atomic E-state index is 14.3. The van der Waals surface area contributed by atoms with Crippen LogP contribution in [-0.4, -0.2) is 50.0 Å². The van der Waals surface area contributed by atoms with E-state index in [4.69, 9.17) is 23.2 Å². The van der Waals surface area contributed by atoms with Crippen molar-refractivity contribution in [3.8, 4) is 0 Å². The van der Waals surface area contributed by atoms with Crippen molar-refractivity contribution in [2.75, 3.05) is 17.1 Å². The van der Waals surface area contributed by atoms with Crippen LogP contribution in [0.1, 0.15) is 54.4 Å². The molecule has 1 atom stereocenters. The summed E-state index contributed by atoms with van der Waals surface area (Å²) in [5.74, 6) is -0.766. The molecule has 0 spiro atoms. The van der Waals surface area contributed by atoms with Gasteiger partial charge < -0.3 is 10.2 Å². The molecule has 2 amide bonds. The molecule has 1 aliphatic carbocycles. The molecule has 0 aliphatic heterocycles. The van der Waals surface area contributed by atoms with Crippen LogP contribution in [0.15, 0.2) is 66.7 Å². The topological polar surface area (TPSA) is 86.8 Å². The molecule has 0 bridgehead atoms. The lowest BCUT2D eigenvalue weighted by Crippen LogP contribution is -2.55. The molecule has 1 N–H and O–H groups in total. The first-order valence-corrected chi connectivity index (χ1v) is 17.2. The van der Waals surface area contributed by atoms with Gasteiger partial charge in [-0.1, -0.05) is 96.6 Å². The highest BCUT2D eigenvalue weighted by atomic mass is 35.5. The summed E-state index contributed by atoms with van der Waals surface area (Å²) in [5.41, 5.74) is 3.67. The van der Waals surface area contributed by atoms with Crippen LogP contribution in [0.25, 0.3) is 0 Å². The smallest absolute Gasteiger partial charge is 0.244 e. The molecule has 1 aliphatic rings. The van der Waals surface area contributed by atoms with Gasteiger partial charge in [-0.05, 0) is 61.6 Å². The summed E-state index contributed by atoms with van der Waals surface area (Å²) >= 11 is 12.5. The van der Waals surface area contributed by atoms with Gasteiger partial charge >= 0.3 is 0 Å². The molecule has 0 radical (unpaired) electrons. The first kappa shape index (κ1) is 32.8. The first-order valence-electron chi connectivity index (χ1n) is 14.5. The molecule has 1 saturated carbocycles. The number of hydrogen-bond donors (Lipinski definition) is 1. The van der Waals surface area contributed by atoms with E-state index < -0.39 is 28.5 Å². The molecule has 7 nitrogen and oxygen atoms in total. The van der Waals surface area contributed by atoms with E-state index in [9.17, 15) is 18.0 Å². The third kappa shape index (κ3) is 8.97. The SMILES string of the molecule is Cc1ccc(N(CC(=O)N(Cc2ccc(Cl)c(Cl)c2)C(Cc2ccccc2)C(=O)NC2CCCCC2)S(C)(=O)=O)c(C)c1. The fourth-order valence-electron chi connectivity index (χ4n) is 5.61. The monoisotopic (exact) mass is 643 g/mol. The number of amides is 2. The summed E-state index contributed by atoms with van der Waals surface area (Å²) in [6, 6.07) is 19.1. The van der Waals surface area contributed by atoms with Crippen molar-refractivity contribution in [3.63, 3.8) is 0 Å². The van der Waals surface area contributed by atoms with Gasteiger partial charge in [0.15, 0.2) is 0 Å². The molecule has 3 aromatic carbocycles. The molecule has 43 heavy (non-hydrogen) atoms. The van der Waals surface area contributed by atoms with Crippen LogP contribution in [0.3, 0.4) is 0 Å². The summed E-state index contributed by atoms with van der Waals surface area (Å²) in [7, 11) is -3.85. The number of nitrogens with zero attached hydrogens (tertiary/aromatic N) is 2. The lowest BCUT2D eigenvalue weighted by atomic mass is 9.94. The zero-order valence-electron chi connectivity index (χ0n) is 24.9. The zero-order chi connectivity index (χ0) is 31.1. The minimum absolute atomic E-state index is 0.0316. The number of carbonyl (C=O) groups excluding carboxylic acids is 2. The van der Waals surface area contributed by atoms with E-state index in [2.05, 4.69) is 5.32 Å². The molecule has 3 aromatic rings. The average Bonchev–Trinajstić information content (AvgIpc) is 2.96. The van der Waals surface area contributed by atoms with Crippen LogP contribution in [-0.2, 0) is 32.6 Å². The lowest BCUT2D eigenvalue weighted by molar-refractivity contribution is -0.140. The van der Waals surface area contributed by atoms with Gasteiger partial charge in [0.05, 0.1) is 22.0 Å². The summed E-state index contributed by atoms with van der Waals surface area (Å²) in [4.78, 5) is 29.8. The van der Waals surface area contributed by atoms with Crippen molar-refractivity contribution in [2.45, 2.75) is 71.0 Å². The van der Waals surface area contributed by atoms with Crippen LogP contribution < -0.4 is 9.62 Å². The number of sulfonamides is 1. The van der Waals surface area contributed by atoms with Gasteiger partial charge in [0.25, 0.3) is 0 Å². The fraction of sp³-hybridized carbons (Fsp3) is 0.394. The highest BCUT2D eigenvalue weighted by Gasteiger charge is 2.34. The Bertz CT molecular complexity index is 1540. The summed E-state index contributed by atoms with van der Waals surface area (Å²) in [6.07, 6.45) is 6.34. The third-order valence-electron chi connectivity index (χ3n) is 7.86. The van der Waals surface area contributed by atoms with Gasteiger partial charge in [-0.25, -0.2) is 8.42 Å². The first-order chi connectivity index (χ1) is 20.4. The Morgan fingerprint density at radius 3 is 2.23 bits per heavy atom. The van der Waals surface area contributed by atoms with Crippen molar-refractivity contribution in [2.24, 2.45) is 0 Å². The van der Waals surface area contributed by atoms with Crippen LogP contribution in [0, 0.1) is 13.8 Å². The van der Waals surface area contributed by atoms with Gasteiger partial charge in [-0.15, -0.1) is 0 Å². The number of rotatable bonds is 11. The third-order valence-corrected chi connectivity index (χ3v) is 9.73. The van der Waals surface area contributed by atoms with E-state index in [-0.39, 0.29) is 24.9 Å². The van der Waals surface area contributed by atoms with Gasteiger partial charge in [0.1, 0.15) is 12.6 Å². The normalized spacial score (nSPS) is 14.6. The number of aryl methyl sites for hydroxylation is 2. The van der Waals surface area contributed by atoms with E-state index in [1.807, 2.05) is 56.3 Å². The molecule has 230 valence electrons. The van der Waals surface area contributed by atoms with Gasteiger partial charge in [-0.3, -0.25) is 13.9 Å². The van der Waals surface area contributed by atoms with Gasteiger partial charge in [0, 0.05) is 19.0 Å². The van der Waals surface area contributed by atoms with E-state index >= 15 is 0 Å². The number of nitrogens with one attached hydrogen (secondary N) is 1. The van der Waals surface area contributed by atoms with Crippen molar-refractivity contribution < 1.29 is 18.0 Å². The Balaban J connectivity index is 1.75. The van der Waals surface area contributed by atoms with Crippen LogP contribution >= 0.6 is 23.2 Å². The maximum atomic E-state index is 14.3. The van der Waals surface area contributed by atoms with Crippen LogP contribution in [0.2, 0.25) is 10.0 Å². The van der Waals surface area contributed by atoms with Crippen LogP contribution in [0.4, 0.5) is 5.69 Å². The van der Waals surface area contributed by atoms with Gasteiger partial charge in [0.2, 0.25) is 21.8 Å². The van der Waals surface area contributed by atoms with E-state index in [0.717, 1.165) is 59.4 Å². The Morgan fingerprint density at radius 2 is 1.60 bits per heavy atom. The van der Waals surface area contributed by atoms with Crippen LogP contribution in [0.5, 0.6) is 0 Å². The Kier molecular flexibility index (Phi) is 11.2. The second-order valence-corrected chi connectivity index (χ2v) is 14.1. The zero-order valence-corrected chi connectivity index (χ0v) is 27.2. The van der Waals surface area contributed by atoms with Crippen molar-refractivity contribution in [3.05, 3.63) is 99.0 Å².